The van der Waals surface area contributed by atoms with Gasteiger partial charge in [0.05, 0.1) is 18.1 Å². The Morgan fingerprint density at radius 2 is 2.15 bits per heavy atom. The lowest BCUT2D eigenvalue weighted by molar-refractivity contribution is -0.153. The monoisotopic (exact) mass is 297 g/mol. The highest BCUT2D eigenvalue weighted by molar-refractivity contribution is 6.30. The Morgan fingerprint density at radius 1 is 1.45 bits per heavy atom. The molecule has 0 heterocycles. The first-order valence-electron chi connectivity index (χ1n) is 6.34. The van der Waals surface area contributed by atoms with Gasteiger partial charge in [0.25, 0.3) is 5.91 Å². The zero-order chi connectivity index (χ0) is 14.8. The van der Waals surface area contributed by atoms with E-state index in [4.69, 9.17) is 16.3 Å². The van der Waals surface area contributed by atoms with Crippen LogP contribution in [0.1, 0.15) is 29.6 Å². The molecule has 0 aliphatic heterocycles. The molecule has 0 radical (unpaired) electrons. The summed E-state index contributed by atoms with van der Waals surface area (Å²) < 4.78 is 5.11. The van der Waals surface area contributed by atoms with E-state index >= 15 is 0 Å². The predicted molar refractivity (Wildman–Crippen MR) is 74.3 cm³/mol. The van der Waals surface area contributed by atoms with Crippen LogP contribution in [0.5, 0.6) is 5.75 Å². The first kappa shape index (κ1) is 14.7. The number of benzene rings is 1. The number of hydrogen-bond donors (Lipinski definition) is 2. The number of aliphatic carboxylic acids is 1. The predicted octanol–water partition coefficient (Wildman–Crippen LogP) is 2.33. The molecule has 0 bridgehead atoms. The van der Waals surface area contributed by atoms with Gasteiger partial charge in [-0.3, -0.25) is 9.59 Å². The van der Waals surface area contributed by atoms with Gasteiger partial charge in [0.15, 0.2) is 0 Å². The zero-order valence-electron chi connectivity index (χ0n) is 11.1. The molecule has 0 atom stereocenters. The molecule has 108 valence electrons. The molecule has 2 N–H and O–H groups in total. The summed E-state index contributed by atoms with van der Waals surface area (Å²) in [5.41, 5.74) is -0.466. The summed E-state index contributed by atoms with van der Waals surface area (Å²) in [6.07, 6.45) is 2.08. The number of carboxylic acid groups (broad SMARTS) is 1. The molecule has 0 saturated heterocycles. The smallest absolute Gasteiger partial charge is 0.311 e. The fourth-order valence-corrected chi connectivity index (χ4v) is 2.43. The van der Waals surface area contributed by atoms with Crippen LogP contribution in [0.4, 0.5) is 0 Å². The maximum atomic E-state index is 12.1. The molecule has 1 amide bonds. The molecule has 20 heavy (non-hydrogen) atoms. The quantitative estimate of drug-likeness (QED) is 0.874. The Labute approximate surface area is 121 Å². The summed E-state index contributed by atoms with van der Waals surface area (Å²) >= 11 is 5.83. The standard InChI is InChI=1S/C14H16ClNO4/c1-20-11-7-9(15)3-4-10(11)12(17)16-8-14(13(18)19)5-2-6-14/h3-4,7H,2,5-6,8H2,1H3,(H,16,17)(H,18,19). The SMILES string of the molecule is COc1cc(Cl)ccc1C(=O)NCC1(C(=O)O)CCC1. The minimum Gasteiger partial charge on any atom is -0.496 e. The molecule has 1 fully saturated rings. The van der Waals surface area contributed by atoms with E-state index in [9.17, 15) is 14.7 Å². The average molecular weight is 298 g/mol. The normalized spacial score (nSPS) is 16.1. The van der Waals surface area contributed by atoms with Crippen molar-refractivity contribution in [3.05, 3.63) is 28.8 Å². The molecule has 2 rings (SSSR count). The highest BCUT2D eigenvalue weighted by atomic mass is 35.5. The fraction of sp³-hybridized carbons (Fsp3) is 0.429. The molecule has 6 heteroatoms. The van der Waals surface area contributed by atoms with E-state index in [-0.39, 0.29) is 12.5 Å². The van der Waals surface area contributed by atoms with Crippen LogP contribution in [0.3, 0.4) is 0 Å². The summed E-state index contributed by atoms with van der Waals surface area (Å²) in [6.45, 7) is 0.132. The number of carbonyl (C=O) groups is 2. The molecular formula is C14H16ClNO4. The summed E-state index contributed by atoms with van der Waals surface area (Å²) in [6, 6.07) is 4.70. The first-order chi connectivity index (χ1) is 9.48. The Morgan fingerprint density at radius 3 is 2.65 bits per heavy atom. The van der Waals surface area contributed by atoms with Crippen molar-refractivity contribution in [3.8, 4) is 5.75 Å². The van der Waals surface area contributed by atoms with Crippen molar-refractivity contribution in [3.63, 3.8) is 0 Å². The number of halogens is 1. The number of hydrogen-bond acceptors (Lipinski definition) is 3. The van der Waals surface area contributed by atoms with Crippen molar-refractivity contribution in [2.24, 2.45) is 5.41 Å². The Hall–Kier alpha value is -1.75. The van der Waals surface area contributed by atoms with Gasteiger partial charge in [-0.05, 0) is 31.0 Å². The maximum Gasteiger partial charge on any atom is 0.311 e. The van der Waals surface area contributed by atoms with Crippen molar-refractivity contribution in [1.29, 1.82) is 0 Å². The number of rotatable bonds is 5. The van der Waals surface area contributed by atoms with Crippen LogP contribution in [0.25, 0.3) is 0 Å². The third-order valence-electron chi connectivity index (χ3n) is 3.76. The lowest BCUT2D eigenvalue weighted by Gasteiger charge is -2.37. The number of ether oxygens (including phenoxy) is 1. The molecule has 1 aliphatic rings. The number of carbonyl (C=O) groups excluding carboxylic acids is 1. The van der Waals surface area contributed by atoms with Gasteiger partial charge in [0.2, 0.25) is 0 Å². The second-order valence-electron chi connectivity index (χ2n) is 4.97. The van der Waals surface area contributed by atoms with Crippen LogP contribution >= 0.6 is 11.6 Å². The maximum absolute atomic E-state index is 12.1. The molecule has 1 aromatic carbocycles. The number of carboxylic acids is 1. The topological polar surface area (TPSA) is 75.6 Å². The Kier molecular flexibility index (Phi) is 4.18. The third-order valence-corrected chi connectivity index (χ3v) is 3.99. The van der Waals surface area contributed by atoms with E-state index in [2.05, 4.69) is 5.32 Å². The zero-order valence-corrected chi connectivity index (χ0v) is 11.9. The third kappa shape index (κ3) is 2.72. The number of methoxy groups -OCH3 is 1. The van der Waals surface area contributed by atoms with Crippen molar-refractivity contribution in [2.45, 2.75) is 19.3 Å². The van der Waals surface area contributed by atoms with Gasteiger partial charge >= 0.3 is 5.97 Å². The Balaban J connectivity index is 2.07. The second-order valence-corrected chi connectivity index (χ2v) is 5.40. The Bertz CT molecular complexity index is 540. The second kappa shape index (κ2) is 5.71. The minimum atomic E-state index is -0.855. The first-order valence-corrected chi connectivity index (χ1v) is 6.71. The van der Waals surface area contributed by atoms with Gasteiger partial charge < -0.3 is 15.2 Å². The van der Waals surface area contributed by atoms with Gasteiger partial charge in [0.1, 0.15) is 5.75 Å². The van der Waals surface area contributed by atoms with Crippen LogP contribution in [-0.2, 0) is 4.79 Å². The fourth-order valence-electron chi connectivity index (χ4n) is 2.27. The van der Waals surface area contributed by atoms with E-state index < -0.39 is 11.4 Å². The molecule has 0 aromatic heterocycles. The summed E-state index contributed by atoms with van der Waals surface area (Å²) in [5, 5.41) is 12.4. The van der Waals surface area contributed by atoms with E-state index in [1.165, 1.54) is 7.11 Å². The summed E-state index contributed by atoms with van der Waals surface area (Å²) in [5.74, 6) is -0.842. The van der Waals surface area contributed by atoms with Crippen molar-refractivity contribution in [1.82, 2.24) is 5.32 Å². The van der Waals surface area contributed by atoms with Crippen molar-refractivity contribution < 1.29 is 19.4 Å². The van der Waals surface area contributed by atoms with E-state index in [1.807, 2.05) is 0 Å². The number of amides is 1. The lowest BCUT2D eigenvalue weighted by Crippen LogP contribution is -2.47. The van der Waals surface area contributed by atoms with Gasteiger partial charge in [-0.25, -0.2) is 0 Å². The highest BCUT2D eigenvalue weighted by Crippen LogP contribution is 2.40. The van der Waals surface area contributed by atoms with E-state index in [1.54, 1.807) is 18.2 Å². The molecule has 0 spiro atoms. The van der Waals surface area contributed by atoms with Crippen LogP contribution in [0.15, 0.2) is 18.2 Å². The van der Waals surface area contributed by atoms with Gasteiger partial charge in [0, 0.05) is 11.6 Å². The molecule has 1 aromatic rings. The van der Waals surface area contributed by atoms with Crippen LogP contribution in [0, 0.1) is 5.41 Å². The van der Waals surface area contributed by atoms with Gasteiger partial charge in [-0.2, -0.15) is 0 Å². The lowest BCUT2D eigenvalue weighted by atomic mass is 9.69. The average Bonchev–Trinajstić information content (AvgIpc) is 2.36. The summed E-state index contributed by atoms with van der Waals surface area (Å²) in [7, 11) is 1.45. The largest absolute Gasteiger partial charge is 0.496 e. The minimum absolute atomic E-state index is 0.132. The molecule has 1 aliphatic carbocycles. The van der Waals surface area contributed by atoms with Crippen LogP contribution < -0.4 is 10.1 Å². The van der Waals surface area contributed by atoms with Gasteiger partial charge in [-0.15, -0.1) is 0 Å². The van der Waals surface area contributed by atoms with Crippen molar-refractivity contribution >= 4 is 23.5 Å². The van der Waals surface area contributed by atoms with E-state index in [0.29, 0.717) is 29.2 Å². The van der Waals surface area contributed by atoms with Crippen molar-refractivity contribution in [2.75, 3.05) is 13.7 Å². The molecule has 0 unspecified atom stereocenters. The molecular weight excluding hydrogens is 282 g/mol. The summed E-state index contributed by atoms with van der Waals surface area (Å²) in [4.78, 5) is 23.3. The van der Waals surface area contributed by atoms with Crippen LogP contribution in [-0.4, -0.2) is 30.6 Å². The highest BCUT2D eigenvalue weighted by Gasteiger charge is 2.44. The van der Waals surface area contributed by atoms with E-state index in [0.717, 1.165) is 6.42 Å². The van der Waals surface area contributed by atoms with Gasteiger partial charge in [-0.1, -0.05) is 18.0 Å². The molecule has 5 nitrogen and oxygen atoms in total. The van der Waals surface area contributed by atoms with Crippen LogP contribution in [0.2, 0.25) is 5.02 Å². The molecule has 1 saturated carbocycles. The number of nitrogens with one attached hydrogen (secondary N) is 1.